The van der Waals surface area contributed by atoms with Crippen molar-refractivity contribution in [1.82, 2.24) is 19.7 Å². The van der Waals surface area contributed by atoms with E-state index in [-0.39, 0.29) is 51.0 Å². The number of rotatable bonds is 7. The SMILES string of the molecule is CC(=O)Nc1ccccc1Oc1c(Cl)cc(/N=N/c2c(C#N)cnn2-c2ncccn2)cc1C(N)=O. The van der Waals surface area contributed by atoms with E-state index >= 15 is 0 Å². The number of carbonyl (C=O) groups is 2. The van der Waals surface area contributed by atoms with Crippen molar-refractivity contribution in [2.24, 2.45) is 16.0 Å². The van der Waals surface area contributed by atoms with Crippen molar-refractivity contribution < 1.29 is 14.3 Å². The summed E-state index contributed by atoms with van der Waals surface area (Å²) >= 11 is 6.42. The first-order valence-electron chi connectivity index (χ1n) is 10.2. The first kappa shape index (κ1) is 24.0. The average molecular weight is 502 g/mol. The molecule has 0 bridgehead atoms. The third-order valence-corrected chi connectivity index (χ3v) is 4.85. The molecule has 2 amide bonds. The summed E-state index contributed by atoms with van der Waals surface area (Å²) in [7, 11) is 0. The second-order valence-electron chi connectivity index (χ2n) is 7.10. The van der Waals surface area contributed by atoms with E-state index in [9.17, 15) is 14.9 Å². The van der Waals surface area contributed by atoms with E-state index in [1.54, 1.807) is 30.3 Å². The fourth-order valence-corrected chi connectivity index (χ4v) is 3.30. The van der Waals surface area contributed by atoms with Gasteiger partial charge in [-0.3, -0.25) is 9.59 Å². The predicted octanol–water partition coefficient (Wildman–Crippen LogP) is 4.45. The van der Waals surface area contributed by atoms with Gasteiger partial charge in [0.05, 0.1) is 28.2 Å². The van der Waals surface area contributed by atoms with Crippen LogP contribution in [0, 0.1) is 11.3 Å². The lowest BCUT2D eigenvalue weighted by Gasteiger charge is -2.15. The molecule has 13 heteroatoms. The maximum atomic E-state index is 12.2. The van der Waals surface area contributed by atoms with E-state index < -0.39 is 5.91 Å². The Balaban J connectivity index is 1.72. The molecule has 0 saturated heterocycles. The number of ether oxygens (including phenoxy) is 1. The maximum Gasteiger partial charge on any atom is 0.252 e. The summed E-state index contributed by atoms with van der Waals surface area (Å²) in [6, 6.07) is 13.0. The lowest BCUT2D eigenvalue weighted by atomic mass is 10.1. The van der Waals surface area contributed by atoms with Gasteiger partial charge in [0, 0.05) is 19.3 Å². The van der Waals surface area contributed by atoms with Crippen molar-refractivity contribution in [2.75, 3.05) is 5.32 Å². The molecule has 0 spiro atoms. The summed E-state index contributed by atoms with van der Waals surface area (Å²) in [6.45, 7) is 1.35. The molecule has 36 heavy (non-hydrogen) atoms. The van der Waals surface area contributed by atoms with Crippen LogP contribution in [0.1, 0.15) is 22.8 Å². The summed E-state index contributed by atoms with van der Waals surface area (Å²) in [6.07, 6.45) is 4.33. The van der Waals surface area contributed by atoms with Crippen LogP contribution in [0.2, 0.25) is 5.02 Å². The Bertz CT molecular complexity index is 1530. The highest BCUT2D eigenvalue weighted by Crippen LogP contribution is 2.39. The number of nitriles is 1. The highest BCUT2D eigenvalue weighted by Gasteiger charge is 2.19. The summed E-state index contributed by atoms with van der Waals surface area (Å²) in [5.74, 6) is -0.657. The van der Waals surface area contributed by atoms with Crippen LogP contribution in [0.15, 0.2) is 71.3 Å². The van der Waals surface area contributed by atoms with E-state index in [0.29, 0.717) is 5.69 Å². The Hall–Kier alpha value is -5.15. The highest BCUT2D eigenvalue weighted by molar-refractivity contribution is 6.33. The van der Waals surface area contributed by atoms with Crippen molar-refractivity contribution in [3.05, 3.63) is 77.2 Å². The number of para-hydroxylation sites is 2. The van der Waals surface area contributed by atoms with Gasteiger partial charge in [-0.15, -0.1) is 10.2 Å². The van der Waals surface area contributed by atoms with Gasteiger partial charge in [-0.1, -0.05) is 23.7 Å². The van der Waals surface area contributed by atoms with Gasteiger partial charge in [-0.05, 0) is 30.3 Å². The number of anilines is 1. The Morgan fingerprint density at radius 2 is 1.92 bits per heavy atom. The molecule has 3 N–H and O–H groups in total. The Morgan fingerprint density at radius 3 is 2.61 bits per heavy atom. The lowest BCUT2D eigenvalue weighted by Crippen LogP contribution is -2.13. The van der Waals surface area contributed by atoms with Crippen molar-refractivity contribution in [2.45, 2.75) is 6.92 Å². The van der Waals surface area contributed by atoms with Gasteiger partial charge in [0.15, 0.2) is 17.3 Å². The first-order chi connectivity index (χ1) is 17.4. The standard InChI is InChI=1S/C23H16ClN9O3/c1-13(34)30-18-5-2-3-6-19(18)36-20-16(21(26)35)9-15(10-17(20)24)31-32-22-14(11-25)12-29-33(22)23-27-7-4-8-28-23/h2-10,12H,1H3,(H2,26,35)(H,30,34)/b32-31+. The van der Waals surface area contributed by atoms with Gasteiger partial charge in [-0.2, -0.15) is 15.0 Å². The number of nitrogens with one attached hydrogen (secondary N) is 1. The summed E-state index contributed by atoms with van der Waals surface area (Å²) < 4.78 is 7.10. The van der Waals surface area contributed by atoms with E-state index in [2.05, 4.69) is 30.6 Å². The fourth-order valence-electron chi connectivity index (χ4n) is 3.05. The van der Waals surface area contributed by atoms with Crippen LogP contribution in [0.5, 0.6) is 11.5 Å². The first-order valence-corrected chi connectivity index (χ1v) is 10.6. The molecule has 12 nitrogen and oxygen atoms in total. The van der Waals surface area contributed by atoms with E-state index in [1.807, 2.05) is 6.07 Å². The zero-order chi connectivity index (χ0) is 25.7. The average Bonchev–Trinajstić information content (AvgIpc) is 3.28. The molecule has 0 aliphatic heterocycles. The third-order valence-electron chi connectivity index (χ3n) is 4.57. The van der Waals surface area contributed by atoms with E-state index in [4.69, 9.17) is 22.1 Å². The minimum atomic E-state index is -0.832. The van der Waals surface area contributed by atoms with Crippen molar-refractivity contribution >= 4 is 40.6 Å². The van der Waals surface area contributed by atoms with Gasteiger partial charge in [0.1, 0.15) is 11.6 Å². The summed E-state index contributed by atoms with van der Waals surface area (Å²) in [5.41, 5.74) is 6.15. The monoisotopic (exact) mass is 501 g/mol. The molecule has 0 fully saturated rings. The van der Waals surface area contributed by atoms with Crippen LogP contribution >= 0.6 is 11.6 Å². The highest BCUT2D eigenvalue weighted by atomic mass is 35.5. The van der Waals surface area contributed by atoms with Crippen LogP contribution < -0.4 is 15.8 Å². The molecule has 4 aromatic rings. The number of hydrogen-bond donors (Lipinski definition) is 2. The molecule has 0 aliphatic rings. The number of halogens is 1. The van der Waals surface area contributed by atoms with Crippen LogP contribution in [0.25, 0.3) is 5.95 Å². The van der Waals surface area contributed by atoms with E-state index in [1.165, 1.54) is 42.3 Å². The molecule has 2 aromatic carbocycles. The molecule has 0 aliphatic carbocycles. The Kier molecular flexibility index (Phi) is 6.94. The molecule has 0 saturated carbocycles. The normalized spacial score (nSPS) is 10.7. The van der Waals surface area contributed by atoms with Crippen molar-refractivity contribution in [1.29, 1.82) is 5.26 Å². The number of benzene rings is 2. The molecule has 4 rings (SSSR count). The zero-order valence-corrected chi connectivity index (χ0v) is 19.3. The van der Waals surface area contributed by atoms with Gasteiger partial charge >= 0.3 is 0 Å². The zero-order valence-electron chi connectivity index (χ0n) is 18.6. The minimum absolute atomic E-state index is 0.0123. The van der Waals surface area contributed by atoms with Gasteiger partial charge < -0.3 is 15.8 Å². The number of primary amides is 1. The summed E-state index contributed by atoms with van der Waals surface area (Å²) in [4.78, 5) is 31.9. The van der Waals surface area contributed by atoms with Crippen LogP contribution in [-0.4, -0.2) is 31.6 Å². The second kappa shape index (κ2) is 10.4. The smallest absolute Gasteiger partial charge is 0.252 e. The number of nitrogens with zero attached hydrogens (tertiary/aromatic N) is 7. The second-order valence-corrected chi connectivity index (χ2v) is 7.51. The number of aromatic nitrogens is 4. The number of carbonyl (C=O) groups excluding carboxylic acids is 2. The number of hydrogen-bond acceptors (Lipinski definition) is 9. The third kappa shape index (κ3) is 5.16. The molecular formula is C23H16ClN9O3. The molecule has 0 atom stereocenters. The van der Waals surface area contributed by atoms with Crippen LogP contribution in [0.4, 0.5) is 17.2 Å². The minimum Gasteiger partial charge on any atom is -0.453 e. The number of amides is 2. The maximum absolute atomic E-state index is 12.2. The molecule has 0 unspecified atom stereocenters. The molecule has 2 aromatic heterocycles. The molecule has 0 radical (unpaired) electrons. The van der Waals surface area contributed by atoms with Crippen molar-refractivity contribution in [3.63, 3.8) is 0 Å². The summed E-state index contributed by atoms with van der Waals surface area (Å²) in [5, 5.41) is 24.4. The Labute approximate surface area is 209 Å². The molecular weight excluding hydrogens is 486 g/mol. The van der Waals surface area contributed by atoms with Gasteiger partial charge in [0.25, 0.3) is 11.9 Å². The Morgan fingerprint density at radius 1 is 1.17 bits per heavy atom. The predicted molar refractivity (Wildman–Crippen MR) is 129 cm³/mol. The van der Waals surface area contributed by atoms with Crippen molar-refractivity contribution in [3.8, 4) is 23.5 Å². The van der Waals surface area contributed by atoms with Crippen LogP contribution in [-0.2, 0) is 4.79 Å². The quantitative estimate of drug-likeness (QED) is 0.351. The topological polar surface area (TPSA) is 174 Å². The van der Waals surface area contributed by atoms with E-state index in [0.717, 1.165) is 0 Å². The van der Waals surface area contributed by atoms with Gasteiger partial charge in [-0.25, -0.2) is 9.97 Å². The lowest BCUT2D eigenvalue weighted by molar-refractivity contribution is -0.114. The fraction of sp³-hybridized carbons (Fsp3) is 0.0435. The molecule has 2 heterocycles. The number of azo groups is 1. The largest absolute Gasteiger partial charge is 0.453 e. The number of nitrogens with two attached hydrogens (primary N) is 1. The molecule has 178 valence electrons. The van der Waals surface area contributed by atoms with Crippen LogP contribution in [0.3, 0.4) is 0 Å². The van der Waals surface area contributed by atoms with Gasteiger partial charge in [0.2, 0.25) is 5.91 Å².